The minimum absolute atomic E-state index is 0.0224. The number of nitrogens with zero attached hydrogens (tertiary/aromatic N) is 2. The van der Waals surface area contributed by atoms with Crippen LogP contribution in [0.1, 0.15) is 103 Å². The fourth-order valence-corrected chi connectivity index (χ4v) is 14.8. The molecule has 3 nitrogen and oxygen atoms in total. The molecule has 0 saturated carbocycles. The van der Waals surface area contributed by atoms with Crippen molar-refractivity contribution >= 4 is 104 Å². The summed E-state index contributed by atoms with van der Waals surface area (Å²) in [5, 5.41) is 7.55. The maximum Gasteiger partial charge on any atom is 0.333 e. The summed E-state index contributed by atoms with van der Waals surface area (Å²) in [6.45, 7) is 21.6. The molecule has 0 spiro atoms. The van der Waals surface area contributed by atoms with Gasteiger partial charge < -0.3 is 13.8 Å². The van der Waals surface area contributed by atoms with Gasteiger partial charge >= 0.3 is 6.85 Å². The quantitative estimate of drug-likeness (QED) is 0.153. The standard InChI is InChI=1S/C63H53BN2OS/c1-60(2,3)34-22-24-35(25-23-34)66-49-30-40-37-17-12-15-21-52(37)68-53(40)31-42(49)54-55-38-18-11-14-20-51(38)67-59(55)56-41-28-45-46(62(6,7)27-26-61(45,4)5)33-48(41)65-50-29-39-36-16-10-13-19-43(36)63(8,9)44(39)32-47(50)64(66)57(54)58(56)65/h10-25,28-33H,26-27H2,1-9H3. The molecule has 0 amide bonds. The second-order valence-electron chi connectivity index (χ2n) is 23.5. The SMILES string of the molecule is CC(C)(C)c1ccc(N2B3c4cc5c(cc4-n4c6cc7c(cc6c6c8oc9ccccc9c8c(c3c64)-c3cc4sc6ccccc6c4cc32)C(C)(C)CCC7(C)C)-c2ccccc2C5(C)C)cc1. The molecule has 0 atom stereocenters. The summed E-state index contributed by atoms with van der Waals surface area (Å²) in [6.07, 6.45) is 2.32. The van der Waals surface area contributed by atoms with Gasteiger partial charge in [0.05, 0.1) is 16.4 Å². The fraction of sp³-hybridized carbons (Fsp3) is 0.238. The van der Waals surface area contributed by atoms with Crippen LogP contribution in [-0.4, -0.2) is 11.4 Å². The van der Waals surface area contributed by atoms with Crippen molar-refractivity contribution in [2.75, 3.05) is 4.81 Å². The Morgan fingerprint density at radius 2 is 1.28 bits per heavy atom. The predicted molar refractivity (Wildman–Crippen MR) is 292 cm³/mol. The Morgan fingerprint density at radius 3 is 2.06 bits per heavy atom. The van der Waals surface area contributed by atoms with Crippen LogP contribution < -0.4 is 15.7 Å². The third kappa shape index (κ3) is 4.81. The highest BCUT2D eigenvalue weighted by Crippen LogP contribution is 2.56. The van der Waals surface area contributed by atoms with Gasteiger partial charge in [0.15, 0.2) is 0 Å². The molecule has 4 aliphatic rings. The zero-order valence-electron chi connectivity index (χ0n) is 40.4. The first-order chi connectivity index (χ1) is 32.6. The molecule has 0 radical (unpaired) electrons. The van der Waals surface area contributed by atoms with Crippen LogP contribution >= 0.6 is 11.3 Å². The van der Waals surface area contributed by atoms with Crippen LogP contribution in [0, 0.1) is 0 Å². The van der Waals surface area contributed by atoms with Crippen LogP contribution in [-0.2, 0) is 21.7 Å². The highest BCUT2D eigenvalue weighted by Gasteiger charge is 2.49. The van der Waals surface area contributed by atoms with Gasteiger partial charge in [-0.1, -0.05) is 141 Å². The molecule has 2 aliphatic carbocycles. The zero-order chi connectivity index (χ0) is 46.1. The van der Waals surface area contributed by atoms with E-state index in [-0.39, 0.29) is 28.5 Å². The smallest absolute Gasteiger partial charge is 0.333 e. The van der Waals surface area contributed by atoms with E-state index in [0.717, 1.165) is 24.0 Å². The van der Waals surface area contributed by atoms with Gasteiger partial charge in [-0.3, -0.25) is 0 Å². The van der Waals surface area contributed by atoms with E-state index in [0.29, 0.717) is 0 Å². The van der Waals surface area contributed by atoms with Gasteiger partial charge in [0.25, 0.3) is 0 Å². The Morgan fingerprint density at radius 1 is 0.574 bits per heavy atom. The first-order valence-corrected chi connectivity index (χ1v) is 25.6. The van der Waals surface area contributed by atoms with E-state index in [1.807, 2.05) is 11.3 Å². The normalized spacial score (nSPS) is 17.1. The van der Waals surface area contributed by atoms with E-state index < -0.39 is 0 Å². The van der Waals surface area contributed by atoms with Crippen LogP contribution in [0.5, 0.6) is 0 Å². The van der Waals surface area contributed by atoms with Gasteiger partial charge in [-0.05, 0) is 139 Å². The van der Waals surface area contributed by atoms with Crippen molar-refractivity contribution in [1.82, 2.24) is 4.57 Å². The van der Waals surface area contributed by atoms with Crippen LogP contribution in [0.3, 0.4) is 0 Å². The second-order valence-corrected chi connectivity index (χ2v) is 24.6. The molecule has 11 aromatic rings. The van der Waals surface area contributed by atoms with E-state index in [9.17, 15) is 0 Å². The number of aromatic nitrogens is 1. The zero-order valence-corrected chi connectivity index (χ0v) is 41.2. The molecule has 0 bridgehead atoms. The third-order valence-corrected chi connectivity index (χ3v) is 18.5. The molecule has 8 aromatic carbocycles. The lowest BCUT2D eigenvalue weighted by Crippen LogP contribution is -2.60. The van der Waals surface area contributed by atoms with E-state index in [1.165, 1.54) is 131 Å². The number of furan rings is 1. The maximum absolute atomic E-state index is 7.37. The summed E-state index contributed by atoms with van der Waals surface area (Å²) in [6, 6.07) is 52.0. The fourth-order valence-electron chi connectivity index (χ4n) is 13.6. The highest BCUT2D eigenvalue weighted by atomic mass is 32.1. The van der Waals surface area contributed by atoms with Crippen molar-refractivity contribution in [3.63, 3.8) is 0 Å². The first-order valence-electron chi connectivity index (χ1n) is 24.7. The van der Waals surface area contributed by atoms with Gasteiger partial charge in [-0.15, -0.1) is 11.3 Å². The summed E-state index contributed by atoms with van der Waals surface area (Å²) < 4.78 is 12.7. The molecule has 2 aliphatic heterocycles. The lowest BCUT2D eigenvalue weighted by Gasteiger charge is -2.43. The molecular formula is C63H53BN2OS. The molecular weight excluding hydrogens is 844 g/mol. The lowest BCUT2D eigenvalue weighted by molar-refractivity contribution is 0.332. The number of hydrogen-bond donors (Lipinski definition) is 0. The Balaban J connectivity index is 1.20. The monoisotopic (exact) mass is 896 g/mol. The third-order valence-electron chi connectivity index (χ3n) is 17.4. The van der Waals surface area contributed by atoms with Gasteiger partial charge in [0, 0.05) is 64.4 Å². The van der Waals surface area contributed by atoms with Gasteiger partial charge in [-0.2, -0.15) is 0 Å². The molecule has 0 fully saturated rings. The number of benzene rings is 8. The summed E-state index contributed by atoms with van der Waals surface area (Å²) in [5.74, 6) is 0. The Hall–Kier alpha value is -6.56. The van der Waals surface area contributed by atoms with Crippen LogP contribution in [0.25, 0.3) is 91.9 Å². The van der Waals surface area contributed by atoms with Crippen molar-refractivity contribution in [3.05, 3.63) is 161 Å². The van der Waals surface area contributed by atoms with Crippen molar-refractivity contribution < 1.29 is 4.42 Å². The lowest BCUT2D eigenvalue weighted by atomic mass is 9.43. The maximum atomic E-state index is 7.37. The van der Waals surface area contributed by atoms with E-state index >= 15 is 0 Å². The second kappa shape index (κ2) is 12.6. The van der Waals surface area contributed by atoms with Crippen molar-refractivity contribution in [1.29, 1.82) is 0 Å². The van der Waals surface area contributed by atoms with Gasteiger partial charge in [0.1, 0.15) is 11.2 Å². The minimum Gasteiger partial charge on any atom is -0.455 e. The van der Waals surface area contributed by atoms with E-state index in [4.69, 9.17) is 4.42 Å². The number of rotatable bonds is 1. The molecule has 0 saturated heterocycles. The summed E-state index contributed by atoms with van der Waals surface area (Å²) in [5.41, 5.74) is 23.2. The molecule has 5 heterocycles. The van der Waals surface area contributed by atoms with Crippen LogP contribution in [0.2, 0.25) is 0 Å². The Bertz CT molecular complexity index is 4110. The van der Waals surface area contributed by atoms with Gasteiger partial charge in [-0.25, -0.2) is 0 Å². The first kappa shape index (κ1) is 39.4. The Labute approximate surface area is 402 Å². The number of para-hydroxylation sites is 1. The summed E-state index contributed by atoms with van der Waals surface area (Å²) in [7, 11) is 0. The summed E-state index contributed by atoms with van der Waals surface area (Å²) in [4.78, 5) is 2.74. The molecule has 5 heteroatoms. The van der Waals surface area contributed by atoms with Crippen molar-refractivity contribution in [2.45, 2.75) is 96.8 Å². The molecule has 0 N–H and O–H groups in total. The molecule has 68 heavy (non-hydrogen) atoms. The van der Waals surface area contributed by atoms with Gasteiger partial charge in [0.2, 0.25) is 0 Å². The largest absolute Gasteiger partial charge is 0.455 e. The topological polar surface area (TPSA) is 21.3 Å². The average molecular weight is 897 g/mol. The average Bonchev–Trinajstić information content (AvgIpc) is 4.05. The molecule has 15 rings (SSSR count). The highest BCUT2D eigenvalue weighted by molar-refractivity contribution is 7.25. The van der Waals surface area contributed by atoms with Crippen LogP contribution in [0.15, 0.2) is 138 Å². The predicted octanol–water partition coefficient (Wildman–Crippen LogP) is 16.2. The molecule has 330 valence electrons. The number of fused-ring (bicyclic) bond motifs is 20. The summed E-state index contributed by atoms with van der Waals surface area (Å²) >= 11 is 1.91. The minimum atomic E-state index is -0.176. The number of anilines is 2. The van der Waals surface area contributed by atoms with Crippen LogP contribution in [0.4, 0.5) is 11.4 Å². The Kier molecular flexibility index (Phi) is 7.28. The molecule has 3 aromatic heterocycles. The van der Waals surface area contributed by atoms with E-state index in [1.54, 1.807) is 0 Å². The molecule has 0 unspecified atom stereocenters. The number of thiophene rings is 1. The van der Waals surface area contributed by atoms with E-state index in [2.05, 4.69) is 205 Å². The van der Waals surface area contributed by atoms with Crippen molar-refractivity contribution in [3.8, 4) is 27.9 Å². The van der Waals surface area contributed by atoms with Crippen molar-refractivity contribution in [2.24, 2.45) is 0 Å². The number of hydrogen-bond acceptors (Lipinski definition) is 3.